The number of aryl methyl sites for hydroxylation is 2. The Morgan fingerprint density at radius 3 is 2.33 bits per heavy atom. The Kier molecular flexibility index (Phi) is 9.58. The summed E-state index contributed by atoms with van der Waals surface area (Å²) in [5, 5.41) is 3.12. The first-order chi connectivity index (χ1) is 17.0. The van der Waals surface area contributed by atoms with Crippen molar-refractivity contribution in [3.05, 3.63) is 63.6 Å². The van der Waals surface area contributed by atoms with Gasteiger partial charge in [-0.2, -0.15) is 0 Å². The third-order valence-corrected chi connectivity index (χ3v) is 8.83. The average molecular weight is 579 g/mol. The number of nitrogens with zero attached hydrogens (tertiary/aromatic N) is 2. The molecule has 1 fully saturated rings. The maximum absolute atomic E-state index is 13.8. The van der Waals surface area contributed by atoms with Gasteiger partial charge in [-0.3, -0.25) is 13.9 Å². The number of amides is 2. The van der Waals surface area contributed by atoms with Crippen molar-refractivity contribution in [3.63, 3.8) is 0 Å². The van der Waals surface area contributed by atoms with Crippen LogP contribution in [0.1, 0.15) is 55.7 Å². The molecule has 7 nitrogen and oxygen atoms in total. The predicted molar refractivity (Wildman–Crippen MR) is 147 cm³/mol. The SMILES string of the molecule is CC[C@@H](C(=O)NC1CCCC1)N(Cc1ccccc1C)C(=O)CN(c1ccc(Br)c(C)c1)S(C)(=O)=O. The van der Waals surface area contributed by atoms with Gasteiger partial charge in [-0.05, 0) is 68.0 Å². The van der Waals surface area contributed by atoms with Crippen molar-refractivity contribution in [2.45, 2.75) is 71.5 Å². The molecule has 0 heterocycles. The zero-order valence-corrected chi connectivity index (χ0v) is 23.9. The van der Waals surface area contributed by atoms with Crippen molar-refractivity contribution in [1.29, 1.82) is 0 Å². The van der Waals surface area contributed by atoms with Crippen LogP contribution in [0.15, 0.2) is 46.9 Å². The lowest BCUT2D eigenvalue weighted by Gasteiger charge is -2.33. The lowest BCUT2D eigenvalue weighted by Crippen LogP contribution is -2.53. The molecule has 1 aliphatic carbocycles. The first-order valence-electron chi connectivity index (χ1n) is 12.4. The molecule has 36 heavy (non-hydrogen) atoms. The van der Waals surface area contributed by atoms with Gasteiger partial charge in [0.2, 0.25) is 21.8 Å². The summed E-state index contributed by atoms with van der Waals surface area (Å²) in [5.41, 5.74) is 3.19. The van der Waals surface area contributed by atoms with Crippen LogP contribution in [0.2, 0.25) is 0 Å². The fraction of sp³-hybridized carbons (Fsp3) is 0.481. The molecule has 0 radical (unpaired) electrons. The lowest BCUT2D eigenvalue weighted by molar-refractivity contribution is -0.140. The second-order valence-corrected chi connectivity index (χ2v) is 12.3. The third kappa shape index (κ3) is 7.09. The predicted octanol–water partition coefficient (Wildman–Crippen LogP) is 4.70. The standard InChI is InChI=1S/C27H36BrN3O4S/c1-5-25(27(33)29-22-12-8-9-13-22)30(17-21-11-7-6-10-19(21)2)26(32)18-31(36(4,34)35)23-14-15-24(28)20(3)16-23/h6-7,10-11,14-16,22,25H,5,8-9,12-13,17-18H2,1-4H3,(H,29,33)/t25-/m0/s1. The van der Waals surface area contributed by atoms with E-state index in [1.807, 2.05) is 45.0 Å². The number of hydrogen-bond donors (Lipinski definition) is 1. The highest BCUT2D eigenvalue weighted by Crippen LogP contribution is 2.26. The van der Waals surface area contributed by atoms with E-state index in [0.29, 0.717) is 12.1 Å². The third-order valence-electron chi connectivity index (χ3n) is 6.80. The summed E-state index contributed by atoms with van der Waals surface area (Å²) >= 11 is 3.44. The molecule has 0 aliphatic heterocycles. The number of carbonyl (C=O) groups is 2. The second kappa shape index (κ2) is 12.2. The minimum absolute atomic E-state index is 0.125. The number of carbonyl (C=O) groups excluding carboxylic acids is 2. The molecule has 0 saturated heterocycles. The van der Waals surface area contributed by atoms with Crippen LogP contribution >= 0.6 is 15.9 Å². The number of sulfonamides is 1. The molecule has 1 aliphatic rings. The van der Waals surface area contributed by atoms with Crippen LogP contribution in [0.4, 0.5) is 5.69 Å². The highest BCUT2D eigenvalue weighted by atomic mass is 79.9. The normalized spacial score (nSPS) is 14.9. The van der Waals surface area contributed by atoms with Crippen molar-refractivity contribution in [3.8, 4) is 0 Å². The Morgan fingerprint density at radius 2 is 1.75 bits per heavy atom. The molecule has 0 bridgehead atoms. The first kappa shape index (κ1) is 28.2. The second-order valence-electron chi connectivity index (χ2n) is 9.57. The van der Waals surface area contributed by atoms with E-state index in [-0.39, 0.29) is 25.0 Å². The van der Waals surface area contributed by atoms with E-state index < -0.39 is 22.0 Å². The zero-order valence-electron chi connectivity index (χ0n) is 21.5. The minimum Gasteiger partial charge on any atom is -0.352 e. The van der Waals surface area contributed by atoms with Gasteiger partial charge in [-0.15, -0.1) is 0 Å². The van der Waals surface area contributed by atoms with Crippen molar-refractivity contribution >= 4 is 43.5 Å². The average Bonchev–Trinajstić information content (AvgIpc) is 3.32. The Bertz CT molecular complexity index is 1200. The molecule has 0 aromatic heterocycles. The van der Waals surface area contributed by atoms with Crippen molar-refractivity contribution < 1.29 is 18.0 Å². The van der Waals surface area contributed by atoms with Gasteiger partial charge in [-0.25, -0.2) is 8.42 Å². The van der Waals surface area contributed by atoms with Gasteiger partial charge in [0, 0.05) is 17.1 Å². The Hall–Kier alpha value is -2.39. The molecule has 196 valence electrons. The van der Waals surface area contributed by atoms with Gasteiger partial charge in [0.15, 0.2) is 0 Å². The number of rotatable bonds is 10. The molecule has 2 amide bonds. The topological polar surface area (TPSA) is 86.8 Å². The molecule has 1 N–H and O–H groups in total. The monoisotopic (exact) mass is 577 g/mol. The summed E-state index contributed by atoms with van der Waals surface area (Å²) in [7, 11) is -3.76. The van der Waals surface area contributed by atoms with Gasteiger partial charge >= 0.3 is 0 Å². The summed E-state index contributed by atoms with van der Waals surface area (Å²) < 4.78 is 27.5. The number of anilines is 1. The van der Waals surface area contributed by atoms with E-state index in [4.69, 9.17) is 0 Å². The van der Waals surface area contributed by atoms with E-state index in [1.54, 1.807) is 18.2 Å². The molecule has 3 rings (SSSR count). The highest BCUT2D eigenvalue weighted by Gasteiger charge is 2.33. The number of benzene rings is 2. The van der Waals surface area contributed by atoms with Gasteiger partial charge in [0.05, 0.1) is 11.9 Å². The van der Waals surface area contributed by atoms with Crippen LogP contribution in [0.25, 0.3) is 0 Å². The van der Waals surface area contributed by atoms with Gasteiger partial charge in [0.1, 0.15) is 12.6 Å². The molecular weight excluding hydrogens is 542 g/mol. The summed E-state index contributed by atoms with van der Waals surface area (Å²) in [6.07, 6.45) is 5.57. The van der Waals surface area contributed by atoms with Crippen LogP contribution < -0.4 is 9.62 Å². The van der Waals surface area contributed by atoms with Crippen molar-refractivity contribution in [2.24, 2.45) is 0 Å². The number of hydrogen-bond acceptors (Lipinski definition) is 4. The smallest absolute Gasteiger partial charge is 0.244 e. The van der Waals surface area contributed by atoms with Crippen LogP contribution in [0.3, 0.4) is 0 Å². The van der Waals surface area contributed by atoms with E-state index in [0.717, 1.165) is 57.4 Å². The van der Waals surface area contributed by atoms with Crippen LogP contribution in [0.5, 0.6) is 0 Å². The quantitative estimate of drug-likeness (QED) is 0.443. The Labute approximate surface area is 223 Å². The van der Waals surface area contributed by atoms with Crippen LogP contribution in [-0.2, 0) is 26.2 Å². The number of halogens is 1. The van der Waals surface area contributed by atoms with Crippen molar-refractivity contribution in [1.82, 2.24) is 10.2 Å². The molecule has 2 aromatic carbocycles. The van der Waals surface area contributed by atoms with Crippen LogP contribution in [0, 0.1) is 13.8 Å². The van der Waals surface area contributed by atoms with E-state index in [9.17, 15) is 18.0 Å². The zero-order chi connectivity index (χ0) is 26.5. The highest BCUT2D eigenvalue weighted by molar-refractivity contribution is 9.10. The molecule has 0 spiro atoms. The molecular formula is C27H36BrN3O4S. The molecule has 2 aromatic rings. The largest absolute Gasteiger partial charge is 0.352 e. The first-order valence-corrected chi connectivity index (χ1v) is 15.0. The molecule has 1 saturated carbocycles. The Morgan fingerprint density at radius 1 is 1.08 bits per heavy atom. The summed E-state index contributed by atoms with van der Waals surface area (Å²) in [6, 6.07) is 12.3. The Balaban J connectivity index is 1.94. The molecule has 1 atom stereocenters. The summed E-state index contributed by atoms with van der Waals surface area (Å²) in [5.74, 6) is -0.602. The maximum Gasteiger partial charge on any atom is 0.244 e. The molecule has 0 unspecified atom stereocenters. The van der Waals surface area contributed by atoms with E-state index in [2.05, 4.69) is 21.2 Å². The van der Waals surface area contributed by atoms with Gasteiger partial charge < -0.3 is 10.2 Å². The summed E-state index contributed by atoms with van der Waals surface area (Å²) in [6.45, 7) is 5.53. The van der Waals surface area contributed by atoms with E-state index >= 15 is 0 Å². The molecule has 9 heteroatoms. The van der Waals surface area contributed by atoms with Gasteiger partial charge in [0.25, 0.3) is 0 Å². The van der Waals surface area contributed by atoms with Crippen molar-refractivity contribution in [2.75, 3.05) is 17.1 Å². The number of nitrogens with one attached hydrogen (secondary N) is 1. The van der Waals surface area contributed by atoms with Gasteiger partial charge in [-0.1, -0.05) is 60.0 Å². The minimum atomic E-state index is -3.76. The fourth-order valence-electron chi connectivity index (χ4n) is 4.66. The lowest BCUT2D eigenvalue weighted by atomic mass is 10.1. The maximum atomic E-state index is 13.8. The summed E-state index contributed by atoms with van der Waals surface area (Å²) in [4.78, 5) is 28.7. The van der Waals surface area contributed by atoms with E-state index in [1.165, 1.54) is 4.90 Å². The van der Waals surface area contributed by atoms with Crippen LogP contribution in [-0.4, -0.2) is 50.0 Å². The fourth-order valence-corrected chi connectivity index (χ4v) is 5.74.